The highest BCUT2D eigenvalue weighted by atomic mass is 16.5. The Morgan fingerprint density at radius 3 is 2.42 bits per heavy atom. The lowest BCUT2D eigenvalue weighted by Crippen LogP contribution is -1.92. The number of hydrogen-bond donors (Lipinski definition) is 0. The van der Waals surface area contributed by atoms with Crippen LogP contribution < -0.4 is 4.74 Å². The molecule has 0 saturated carbocycles. The number of para-hydroxylation sites is 1. The molecule has 0 N–H and O–H groups in total. The fourth-order valence-electron chi connectivity index (χ4n) is 2.16. The van der Waals surface area contributed by atoms with Crippen LogP contribution in [0.4, 0.5) is 0 Å². The fraction of sp³-hybridized carbons (Fsp3) is 0.125. The summed E-state index contributed by atoms with van der Waals surface area (Å²) < 4.78 is 5.90. The van der Waals surface area contributed by atoms with E-state index in [4.69, 9.17) is 4.74 Å². The van der Waals surface area contributed by atoms with Gasteiger partial charge in [0.15, 0.2) is 0 Å². The number of hydrogen-bond acceptors (Lipinski definition) is 3. The van der Waals surface area contributed by atoms with E-state index in [0.717, 1.165) is 16.7 Å². The molecule has 3 aromatic rings. The van der Waals surface area contributed by atoms with E-state index in [2.05, 4.69) is 29.9 Å². The molecule has 3 nitrogen and oxygen atoms in total. The van der Waals surface area contributed by atoms with Gasteiger partial charge < -0.3 is 4.74 Å². The first-order valence-electron chi connectivity index (χ1n) is 6.18. The molecule has 94 valence electrons. The van der Waals surface area contributed by atoms with Crippen LogP contribution in [0.1, 0.15) is 11.1 Å². The Hall–Kier alpha value is -2.42. The molecule has 0 amide bonds. The first-order chi connectivity index (χ1) is 9.22. The molecule has 19 heavy (non-hydrogen) atoms. The second kappa shape index (κ2) is 4.69. The van der Waals surface area contributed by atoms with Crippen molar-refractivity contribution < 1.29 is 4.74 Å². The molecule has 1 heterocycles. The molecule has 0 atom stereocenters. The zero-order chi connectivity index (χ0) is 13.2. The van der Waals surface area contributed by atoms with E-state index in [9.17, 15) is 0 Å². The molecule has 0 aliphatic rings. The molecule has 2 aromatic carbocycles. The van der Waals surface area contributed by atoms with Crippen molar-refractivity contribution in [2.45, 2.75) is 13.8 Å². The third-order valence-electron chi connectivity index (χ3n) is 2.92. The molecule has 0 fully saturated rings. The Morgan fingerprint density at radius 1 is 0.895 bits per heavy atom. The normalized spacial score (nSPS) is 10.6. The molecule has 0 aliphatic carbocycles. The number of nitrogens with zero attached hydrogens (tertiary/aromatic N) is 2. The molecule has 0 saturated heterocycles. The van der Waals surface area contributed by atoms with E-state index in [1.54, 1.807) is 0 Å². The summed E-state index contributed by atoms with van der Waals surface area (Å²) in [5, 5.41) is 0.921. The Labute approximate surface area is 111 Å². The molecule has 0 spiro atoms. The monoisotopic (exact) mass is 250 g/mol. The lowest BCUT2D eigenvalue weighted by Gasteiger charge is -2.08. The van der Waals surface area contributed by atoms with Gasteiger partial charge in [-0.25, -0.2) is 9.97 Å². The average Bonchev–Trinajstić information content (AvgIpc) is 2.38. The predicted octanol–water partition coefficient (Wildman–Crippen LogP) is 4.04. The van der Waals surface area contributed by atoms with E-state index in [0.29, 0.717) is 5.88 Å². The van der Waals surface area contributed by atoms with Gasteiger partial charge in [-0.2, -0.15) is 0 Å². The van der Waals surface area contributed by atoms with E-state index in [1.807, 2.05) is 36.4 Å². The zero-order valence-corrected chi connectivity index (χ0v) is 10.9. The molecule has 0 aliphatic heterocycles. The standard InChI is InChI=1S/C16H14N2O/c1-11-7-12(2)9-13(8-11)19-16-14-5-3-4-6-15(14)17-10-18-16/h3-10H,1-2H3. The second-order valence-electron chi connectivity index (χ2n) is 4.62. The lowest BCUT2D eigenvalue weighted by atomic mass is 10.1. The van der Waals surface area contributed by atoms with E-state index in [1.165, 1.54) is 17.5 Å². The molecular weight excluding hydrogens is 236 g/mol. The fourth-order valence-corrected chi connectivity index (χ4v) is 2.16. The summed E-state index contributed by atoms with van der Waals surface area (Å²) in [6.07, 6.45) is 1.53. The molecule has 1 aromatic heterocycles. The summed E-state index contributed by atoms with van der Waals surface area (Å²) in [5.74, 6) is 1.40. The van der Waals surface area contributed by atoms with Crippen molar-refractivity contribution in [1.29, 1.82) is 0 Å². The Morgan fingerprint density at radius 2 is 1.63 bits per heavy atom. The van der Waals surface area contributed by atoms with E-state index >= 15 is 0 Å². The summed E-state index contributed by atoms with van der Waals surface area (Å²) >= 11 is 0. The second-order valence-corrected chi connectivity index (χ2v) is 4.62. The quantitative estimate of drug-likeness (QED) is 0.688. The van der Waals surface area contributed by atoms with Crippen molar-refractivity contribution in [3.8, 4) is 11.6 Å². The van der Waals surface area contributed by atoms with Gasteiger partial charge in [0.2, 0.25) is 5.88 Å². The van der Waals surface area contributed by atoms with E-state index < -0.39 is 0 Å². The van der Waals surface area contributed by atoms with Crippen LogP contribution in [0.2, 0.25) is 0 Å². The highest BCUT2D eigenvalue weighted by Gasteiger charge is 2.06. The maximum atomic E-state index is 5.90. The highest BCUT2D eigenvalue weighted by Crippen LogP contribution is 2.27. The minimum Gasteiger partial charge on any atom is -0.438 e. The molecule has 0 radical (unpaired) electrons. The topological polar surface area (TPSA) is 35.0 Å². The minimum absolute atomic E-state index is 0.593. The van der Waals surface area contributed by atoms with Gasteiger partial charge in [0.25, 0.3) is 0 Å². The van der Waals surface area contributed by atoms with Crippen LogP contribution in [-0.4, -0.2) is 9.97 Å². The van der Waals surface area contributed by atoms with Gasteiger partial charge in [-0.05, 0) is 49.2 Å². The number of ether oxygens (including phenoxy) is 1. The lowest BCUT2D eigenvalue weighted by molar-refractivity contribution is 0.467. The average molecular weight is 250 g/mol. The molecular formula is C16H14N2O. The largest absolute Gasteiger partial charge is 0.438 e. The molecule has 3 heteroatoms. The van der Waals surface area contributed by atoms with Crippen LogP contribution in [0.3, 0.4) is 0 Å². The number of aromatic nitrogens is 2. The maximum absolute atomic E-state index is 5.90. The summed E-state index contributed by atoms with van der Waals surface area (Å²) in [6.45, 7) is 4.11. The molecule has 0 bridgehead atoms. The van der Waals surface area contributed by atoms with Crippen molar-refractivity contribution in [2.75, 3.05) is 0 Å². The Bertz CT molecular complexity index is 712. The van der Waals surface area contributed by atoms with E-state index in [-0.39, 0.29) is 0 Å². The van der Waals surface area contributed by atoms with Crippen molar-refractivity contribution in [1.82, 2.24) is 9.97 Å². The van der Waals surface area contributed by atoms with Crippen molar-refractivity contribution in [3.05, 3.63) is 59.9 Å². The van der Waals surface area contributed by atoms with Gasteiger partial charge in [-0.3, -0.25) is 0 Å². The van der Waals surface area contributed by atoms with Gasteiger partial charge in [-0.15, -0.1) is 0 Å². The summed E-state index contributed by atoms with van der Waals surface area (Å²) in [4.78, 5) is 8.46. The Balaban J connectivity index is 2.05. The van der Waals surface area contributed by atoms with Crippen molar-refractivity contribution >= 4 is 10.9 Å². The minimum atomic E-state index is 0.593. The smallest absolute Gasteiger partial charge is 0.230 e. The molecule has 3 rings (SSSR count). The van der Waals surface area contributed by atoms with Gasteiger partial charge in [0, 0.05) is 0 Å². The van der Waals surface area contributed by atoms with Crippen LogP contribution in [0, 0.1) is 13.8 Å². The first kappa shape index (κ1) is 11.7. The Kier molecular flexibility index (Phi) is 2.88. The van der Waals surface area contributed by atoms with Crippen molar-refractivity contribution in [3.63, 3.8) is 0 Å². The highest BCUT2D eigenvalue weighted by molar-refractivity contribution is 5.83. The number of benzene rings is 2. The SMILES string of the molecule is Cc1cc(C)cc(Oc2ncnc3ccccc23)c1. The van der Waals surface area contributed by atoms with Crippen molar-refractivity contribution in [2.24, 2.45) is 0 Å². The van der Waals surface area contributed by atoms with Crippen LogP contribution in [0.5, 0.6) is 11.6 Å². The third-order valence-corrected chi connectivity index (χ3v) is 2.92. The third kappa shape index (κ3) is 2.40. The van der Waals surface area contributed by atoms with Crippen LogP contribution in [-0.2, 0) is 0 Å². The van der Waals surface area contributed by atoms with Gasteiger partial charge >= 0.3 is 0 Å². The maximum Gasteiger partial charge on any atom is 0.230 e. The van der Waals surface area contributed by atoms with Crippen LogP contribution in [0.15, 0.2) is 48.8 Å². The number of rotatable bonds is 2. The van der Waals surface area contributed by atoms with Crippen LogP contribution in [0.25, 0.3) is 10.9 Å². The number of fused-ring (bicyclic) bond motifs is 1. The summed E-state index contributed by atoms with van der Waals surface area (Å²) in [6, 6.07) is 14.0. The predicted molar refractivity (Wildman–Crippen MR) is 75.5 cm³/mol. The number of aryl methyl sites for hydroxylation is 2. The van der Waals surface area contributed by atoms with Gasteiger partial charge in [-0.1, -0.05) is 18.2 Å². The summed E-state index contributed by atoms with van der Waals surface area (Å²) in [5.41, 5.74) is 3.23. The van der Waals surface area contributed by atoms with Crippen LogP contribution >= 0.6 is 0 Å². The molecule has 0 unspecified atom stereocenters. The summed E-state index contributed by atoms with van der Waals surface area (Å²) in [7, 11) is 0. The van der Waals surface area contributed by atoms with Gasteiger partial charge in [0.05, 0.1) is 10.9 Å². The van der Waals surface area contributed by atoms with Gasteiger partial charge in [0.1, 0.15) is 12.1 Å². The zero-order valence-electron chi connectivity index (χ0n) is 10.9. The first-order valence-corrected chi connectivity index (χ1v) is 6.18.